The fourth-order valence-electron chi connectivity index (χ4n) is 1.75. The van der Waals surface area contributed by atoms with Crippen molar-refractivity contribution < 1.29 is 4.74 Å². The van der Waals surface area contributed by atoms with Gasteiger partial charge in [0.05, 0.1) is 17.3 Å². The topological polar surface area (TPSA) is 21.3 Å². The van der Waals surface area contributed by atoms with Crippen molar-refractivity contribution in [3.8, 4) is 0 Å². The van der Waals surface area contributed by atoms with Crippen LogP contribution in [0.1, 0.15) is 11.1 Å². The Morgan fingerprint density at radius 1 is 1.00 bits per heavy atom. The lowest BCUT2D eigenvalue weighted by Crippen LogP contribution is -2.00. The van der Waals surface area contributed by atoms with Crippen LogP contribution in [0.25, 0.3) is 0 Å². The summed E-state index contributed by atoms with van der Waals surface area (Å²) in [6.45, 7) is 1.33. The Hall–Kier alpha value is -1.22. The summed E-state index contributed by atoms with van der Waals surface area (Å²) in [5.41, 5.74) is 3.18. The van der Waals surface area contributed by atoms with Gasteiger partial charge in [0, 0.05) is 18.7 Å². The number of benzene rings is 2. The summed E-state index contributed by atoms with van der Waals surface area (Å²) in [6.07, 6.45) is 0. The zero-order valence-corrected chi connectivity index (χ0v) is 12.1. The van der Waals surface area contributed by atoms with Crippen molar-refractivity contribution >= 4 is 28.9 Å². The molecule has 0 aromatic heterocycles. The van der Waals surface area contributed by atoms with Gasteiger partial charge in [-0.15, -0.1) is 0 Å². The average Bonchev–Trinajstić information content (AvgIpc) is 2.42. The van der Waals surface area contributed by atoms with Gasteiger partial charge < -0.3 is 10.1 Å². The number of halogens is 2. The standard InChI is InChI=1S/C15H15Cl2NO/c1-19-10-12-4-2-11(3-5-12)9-18-15-8-13(16)6-7-14(15)17/h2-8,18H,9-10H2,1H3. The van der Waals surface area contributed by atoms with Crippen molar-refractivity contribution in [1.29, 1.82) is 0 Å². The second-order valence-electron chi connectivity index (χ2n) is 4.23. The molecule has 0 radical (unpaired) electrons. The Balaban J connectivity index is 2.00. The number of methoxy groups -OCH3 is 1. The minimum atomic E-state index is 0.633. The molecule has 2 rings (SSSR count). The molecule has 19 heavy (non-hydrogen) atoms. The first-order valence-electron chi connectivity index (χ1n) is 5.94. The van der Waals surface area contributed by atoms with Crippen molar-refractivity contribution in [2.75, 3.05) is 12.4 Å². The molecule has 0 amide bonds. The molecule has 0 bridgehead atoms. The lowest BCUT2D eigenvalue weighted by atomic mass is 10.1. The summed E-state index contributed by atoms with van der Waals surface area (Å²) in [6, 6.07) is 13.6. The molecule has 0 atom stereocenters. The van der Waals surface area contributed by atoms with E-state index in [1.54, 1.807) is 19.2 Å². The summed E-state index contributed by atoms with van der Waals surface area (Å²) < 4.78 is 5.08. The van der Waals surface area contributed by atoms with Crippen molar-refractivity contribution in [3.05, 3.63) is 63.6 Å². The number of hydrogen-bond acceptors (Lipinski definition) is 2. The molecule has 1 N–H and O–H groups in total. The number of hydrogen-bond donors (Lipinski definition) is 1. The predicted molar refractivity (Wildman–Crippen MR) is 80.9 cm³/mol. The molecule has 2 aromatic carbocycles. The molecule has 0 aliphatic carbocycles. The van der Waals surface area contributed by atoms with Gasteiger partial charge in [-0.3, -0.25) is 0 Å². The fourth-order valence-corrected chi connectivity index (χ4v) is 2.11. The Morgan fingerprint density at radius 3 is 2.37 bits per heavy atom. The van der Waals surface area contributed by atoms with Gasteiger partial charge in [0.1, 0.15) is 0 Å². The molecule has 0 heterocycles. The van der Waals surface area contributed by atoms with Gasteiger partial charge >= 0.3 is 0 Å². The SMILES string of the molecule is COCc1ccc(CNc2cc(Cl)ccc2Cl)cc1. The highest BCUT2D eigenvalue weighted by atomic mass is 35.5. The van der Waals surface area contributed by atoms with Crippen LogP contribution in [0.4, 0.5) is 5.69 Å². The van der Waals surface area contributed by atoms with Crippen molar-refractivity contribution in [2.24, 2.45) is 0 Å². The first-order chi connectivity index (χ1) is 9.19. The van der Waals surface area contributed by atoms with E-state index in [1.807, 2.05) is 6.07 Å². The van der Waals surface area contributed by atoms with Gasteiger partial charge in [-0.25, -0.2) is 0 Å². The maximum absolute atomic E-state index is 6.09. The Kier molecular flexibility index (Phi) is 5.08. The third kappa shape index (κ3) is 4.13. The van der Waals surface area contributed by atoms with Gasteiger partial charge in [-0.05, 0) is 29.3 Å². The first kappa shape index (κ1) is 14.2. The van der Waals surface area contributed by atoms with Crippen molar-refractivity contribution in [1.82, 2.24) is 0 Å². The van der Waals surface area contributed by atoms with E-state index in [4.69, 9.17) is 27.9 Å². The quantitative estimate of drug-likeness (QED) is 0.859. The van der Waals surface area contributed by atoms with Crippen LogP contribution in [0, 0.1) is 0 Å². The summed E-state index contributed by atoms with van der Waals surface area (Å²) in [5, 5.41) is 4.61. The van der Waals surface area contributed by atoms with Crippen LogP contribution in [-0.4, -0.2) is 7.11 Å². The van der Waals surface area contributed by atoms with E-state index in [0.29, 0.717) is 23.2 Å². The molecule has 0 saturated carbocycles. The van der Waals surface area contributed by atoms with E-state index >= 15 is 0 Å². The second kappa shape index (κ2) is 6.80. The highest BCUT2D eigenvalue weighted by molar-refractivity contribution is 6.35. The van der Waals surface area contributed by atoms with Crippen LogP contribution in [-0.2, 0) is 17.9 Å². The van der Waals surface area contributed by atoms with Crippen molar-refractivity contribution in [3.63, 3.8) is 0 Å². The molecule has 2 nitrogen and oxygen atoms in total. The van der Waals surface area contributed by atoms with Crippen LogP contribution in [0.3, 0.4) is 0 Å². The van der Waals surface area contributed by atoms with Crippen LogP contribution < -0.4 is 5.32 Å². The van der Waals surface area contributed by atoms with E-state index < -0.39 is 0 Å². The lowest BCUT2D eigenvalue weighted by molar-refractivity contribution is 0.185. The molecule has 4 heteroatoms. The monoisotopic (exact) mass is 295 g/mol. The average molecular weight is 296 g/mol. The molecule has 0 saturated heterocycles. The Bertz CT molecular complexity index is 540. The van der Waals surface area contributed by atoms with Gasteiger partial charge in [-0.2, -0.15) is 0 Å². The number of rotatable bonds is 5. The highest BCUT2D eigenvalue weighted by Gasteiger charge is 2.01. The van der Waals surface area contributed by atoms with Gasteiger partial charge in [0.2, 0.25) is 0 Å². The number of ether oxygens (including phenoxy) is 1. The number of anilines is 1. The lowest BCUT2D eigenvalue weighted by Gasteiger charge is -2.09. The minimum Gasteiger partial charge on any atom is -0.380 e. The maximum atomic E-state index is 6.09. The van der Waals surface area contributed by atoms with Crippen LogP contribution >= 0.6 is 23.2 Å². The van der Waals surface area contributed by atoms with Crippen LogP contribution in [0.2, 0.25) is 10.0 Å². The van der Waals surface area contributed by atoms with Crippen LogP contribution in [0.5, 0.6) is 0 Å². The highest BCUT2D eigenvalue weighted by Crippen LogP contribution is 2.25. The molecule has 0 fully saturated rings. The molecular weight excluding hydrogens is 281 g/mol. The molecule has 0 unspecified atom stereocenters. The van der Waals surface area contributed by atoms with E-state index in [9.17, 15) is 0 Å². The zero-order valence-electron chi connectivity index (χ0n) is 10.6. The minimum absolute atomic E-state index is 0.633. The molecule has 0 spiro atoms. The largest absolute Gasteiger partial charge is 0.380 e. The Labute approximate surface area is 123 Å². The van der Waals surface area contributed by atoms with E-state index in [1.165, 1.54) is 5.56 Å². The normalized spacial score (nSPS) is 10.5. The summed E-state index contributed by atoms with van der Waals surface area (Å²) >= 11 is 12.0. The van der Waals surface area contributed by atoms with Crippen LogP contribution in [0.15, 0.2) is 42.5 Å². The molecule has 100 valence electrons. The van der Waals surface area contributed by atoms with Crippen molar-refractivity contribution in [2.45, 2.75) is 13.2 Å². The van der Waals surface area contributed by atoms with Gasteiger partial charge in [-0.1, -0.05) is 47.5 Å². The fraction of sp³-hybridized carbons (Fsp3) is 0.200. The summed E-state index contributed by atoms with van der Waals surface area (Å²) in [4.78, 5) is 0. The maximum Gasteiger partial charge on any atom is 0.0713 e. The molecule has 2 aromatic rings. The Morgan fingerprint density at radius 2 is 1.68 bits per heavy atom. The zero-order chi connectivity index (χ0) is 13.7. The third-order valence-electron chi connectivity index (χ3n) is 2.75. The van der Waals surface area contributed by atoms with Gasteiger partial charge in [0.25, 0.3) is 0 Å². The molecule has 0 aliphatic rings. The smallest absolute Gasteiger partial charge is 0.0713 e. The first-order valence-corrected chi connectivity index (χ1v) is 6.70. The summed E-state index contributed by atoms with van der Waals surface area (Å²) in [7, 11) is 1.69. The van der Waals surface area contributed by atoms with Gasteiger partial charge in [0.15, 0.2) is 0 Å². The molecule has 0 aliphatic heterocycles. The second-order valence-corrected chi connectivity index (χ2v) is 5.07. The summed E-state index contributed by atoms with van der Waals surface area (Å²) in [5.74, 6) is 0. The number of nitrogens with one attached hydrogen (secondary N) is 1. The molecular formula is C15H15Cl2NO. The van der Waals surface area contributed by atoms with E-state index in [0.717, 1.165) is 11.3 Å². The van der Waals surface area contributed by atoms with E-state index in [2.05, 4.69) is 29.6 Å². The van der Waals surface area contributed by atoms with E-state index in [-0.39, 0.29) is 0 Å². The predicted octanol–water partition coefficient (Wildman–Crippen LogP) is 4.75. The third-order valence-corrected chi connectivity index (χ3v) is 3.31.